The Balaban J connectivity index is 2.93. The zero-order valence-electron chi connectivity index (χ0n) is 9.88. The van der Waals surface area contributed by atoms with Gasteiger partial charge < -0.3 is 9.47 Å². The fourth-order valence-electron chi connectivity index (χ4n) is 1.12. The van der Waals surface area contributed by atoms with E-state index in [1.54, 1.807) is 18.2 Å². The quantitative estimate of drug-likeness (QED) is 0.758. The van der Waals surface area contributed by atoms with Gasteiger partial charge in [-0.1, -0.05) is 18.2 Å². The van der Waals surface area contributed by atoms with Crippen molar-refractivity contribution in [3.63, 3.8) is 0 Å². The minimum absolute atomic E-state index is 0.222. The smallest absolute Gasteiger partial charge is 0.436 e. The van der Waals surface area contributed by atoms with Crippen molar-refractivity contribution in [2.75, 3.05) is 14.2 Å². The Morgan fingerprint density at radius 3 is 2.17 bits per heavy atom. The topological polar surface area (TPSA) is 84.9 Å². The number of carbonyl (C=O) groups excluding carboxylic acids is 3. The molecule has 1 N–H and O–H groups in total. The van der Waals surface area contributed by atoms with Crippen LogP contribution in [0.3, 0.4) is 0 Å². The van der Waals surface area contributed by atoms with Crippen molar-refractivity contribution in [2.24, 2.45) is 0 Å². The summed E-state index contributed by atoms with van der Waals surface area (Å²) in [6.07, 6.45) is -1.97. The molecule has 0 atom stereocenters. The van der Waals surface area contributed by atoms with Gasteiger partial charge in [0.15, 0.2) is 0 Å². The van der Waals surface area contributed by atoms with Crippen molar-refractivity contribution < 1.29 is 23.9 Å². The minimum Gasteiger partial charge on any atom is -0.452 e. The van der Waals surface area contributed by atoms with Gasteiger partial charge in [0.1, 0.15) is 0 Å². The molecule has 0 spiro atoms. The molecule has 0 aliphatic carbocycles. The highest BCUT2D eigenvalue weighted by atomic mass is 16.6. The maximum Gasteiger partial charge on any atom is 0.436 e. The van der Waals surface area contributed by atoms with Crippen LogP contribution in [-0.2, 0) is 9.47 Å². The van der Waals surface area contributed by atoms with Gasteiger partial charge in [0.25, 0.3) is 5.91 Å². The van der Waals surface area contributed by atoms with Crippen LogP contribution in [0.2, 0.25) is 0 Å². The molecule has 0 fully saturated rings. The first-order valence-electron chi connectivity index (χ1n) is 4.92. The summed E-state index contributed by atoms with van der Waals surface area (Å²) >= 11 is 0. The molecule has 7 nitrogen and oxygen atoms in total. The first-order valence-corrected chi connectivity index (χ1v) is 4.92. The molecular formula is C11H12N2O5. The summed E-state index contributed by atoms with van der Waals surface area (Å²) in [5.74, 6) is -0.729. The molecule has 1 aromatic carbocycles. The number of amides is 3. The van der Waals surface area contributed by atoms with Gasteiger partial charge in [-0.2, -0.15) is 0 Å². The molecule has 0 unspecified atom stereocenters. The van der Waals surface area contributed by atoms with Gasteiger partial charge in [-0.15, -0.1) is 5.01 Å². The molecule has 18 heavy (non-hydrogen) atoms. The Bertz CT molecular complexity index is 446. The number of methoxy groups -OCH3 is 2. The van der Waals surface area contributed by atoms with Crippen LogP contribution < -0.4 is 5.43 Å². The lowest BCUT2D eigenvalue weighted by Crippen LogP contribution is -2.49. The van der Waals surface area contributed by atoms with Crippen molar-refractivity contribution in [3.05, 3.63) is 35.9 Å². The molecule has 0 saturated heterocycles. The molecule has 0 aliphatic heterocycles. The molecule has 7 heteroatoms. The molecule has 0 aliphatic rings. The second kappa shape index (κ2) is 6.24. The maximum absolute atomic E-state index is 12.0. The van der Waals surface area contributed by atoms with Crippen molar-refractivity contribution in [1.29, 1.82) is 0 Å². The van der Waals surface area contributed by atoms with Crippen molar-refractivity contribution in [2.45, 2.75) is 0 Å². The Hall–Kier alpha value is -2.57. The predicted octanol–water partition coefficient (Wildman–Crippen LogP) is 1.17. The summed E-state index contributed by atoms with van der Waals surface area (Å²) in [7, 11) is 2.20. The highest BCUT2D eigenvalue weighted by molar-refractivity contribution is 6.03. The first kappa shape index (κ1) is 13.5. The van der Waals surface area contributed by atoms with Crippen LogP contribution in [0.25, 0.3) is 0 Å². The molecular weight excluding hydrogens is 240 g/mol. The second-order valence-corrected chi connectivity index (χ2v) is 3.08. The van der Waals surface area contributed by atoms with Crippen LogP contribution in [0.4, 0.5) is 9.59 Å². The second-order valence-electron chi connectivity index (χ2n) is 3.08. The van der Waals surface area contributed by atoms with E-state index in [0.29, 0.717) is 5.01 Å². The lowest BCUT2D eigenvalue weighted by molar-refractivity contribution is 0.0578. The van der Waals surface area contributed by atoms with Gasteiger partial charge in [0, 0.05) is 5.56 Å². The van der Waals surface area contributed by atoms with E-state index in [-0.39, 0.29) is 5.56 Å². The number of benzene rings is 1. The first-order chi connectivity index (χ1) is 8.60. The molecule has 1 aromatic rings. The Morgan fingerprint density at radius 1 is 1.06 bits per heavy atom. The number of hydrogen-bond donors (Lipinski definition) is 1. The molecule has 1 rings (SSSR count). The van der Waals surface area contributed by atoms with E-state index in [1.807, 2.05) is 5.43 Å². The minimum atomic E-state index is -1.02. The predicted molar refractivity (Wildman–Crippen MR) is 60.6 cm³/mol. The summed E-state index contributed by atoms with van der Waals surface area (Å²) < 4.78 is 8.71. The van der Waals surface area contributed by atoms with Crippen LogP contribution in [0.5, 0.6) is 0 Å². The van der Waals surface area contributed by atoms with E-state index in [2.05, 4.69) is 9.47 Å². The van der Waals surface area contributed by atoms with Crippen LogP contribution in [0.1, 0.15) is 10.4 Å². The zero-order chi connectivity index (χ0) is 13.5. The number of hydrazine groups is 1. The number of nitrogens with zero attached hydrogens (tertiary/aromatic N) is 1. The number of ether oxygens (including phenoxy) is 2. The molecule has 0 aromatic heterocycles. The maximum atomic E-state index is 12.0. The highest BCUT2D eigenvalue weighted by Crippen LogP contribution is 2.04. The summed E-state index contributed by atoms with van der Waals surface area (Å²) in [6, 6.07) is 7.96. The average Bonchev–Trinajstić information content (AvgIpc) is 2.43. The van der Waals surface area contributed by atoms with Crippen molar-refractivity contribution >= 4 is 18.1 Å². The third-order valence-electron chi connectivity index (χ3n) is 1.97. The van der Waals surface area contributed by atoms with Crippen molar-refractivity contribution in [3.8, 4) is 0 Å². The normalized spacial score (nSPS) is 9.22. The number of rotatable bonds is 1. The average molecular weight is 252 g/mol. The van der Waals surface area contributed by atoms with Gasteiger partial charge in [0.05, 0.1) is 14.2 Å². The summed E-state index contributed by atoms with van der Waals surface area (Å²) in [5.41, 5.74) is 2.19. The van der Waals surface area contributed by atoms with E-state index in [0.717, 1.165) is 14.2 Å². The van der Waals surface area contributed by atoms with Gasteiger partial charge in [-0.05, 0) is 12.1 Å². The lowest BCUT2D eigenvalue weighted by atomic mass is 10.2. The Labute approximate surface area is 103 Å². The van der Waals surface area contributed by atoms with Gasteiger partial charge in [-0.25, -0.2) is 15.0 Å². The van der Waals surface area contributed by atoms with E-state index < -0.39 is 18.1 Å². The number of carbonyl (C=O) groups is 3. The van der Waals surface area contributed by atoms with E-state index in [9.17, 15) is 14.4 Å². The van der Waals surface area contributed by atoms with Crippen LogP contribution in [0.15, 0.2) is 30.3 Å². The third-order valence-corrected chi connectivity index (χ3v) is 1.97. The Morgan fingerprint density at radius 2 is 1.67 bits per heavy atom. The van der Waals surface area contributed by atoms with Gasteiger partial charge >= 0.3 is 12.2 Å². The fraction of sp³-hybridized carbons (Fsp3) is 0.182. The molecule has 3 amide bonds. The standard InChI is InChI=1S/C11H12N2O5/c1-17-10(15)12-13(11(16)18-2)9(14)8-6-4-3-5-7-8/h3-7H,1-2H3,(H,12,15). The van der Waals surface area contributed by atoms with Crippen LogP contribution in [0, 0.1) is 0 Å². The molecule has 0 bridgehead atoms. The zero-order valence-corrected chi connectivity index (χ0v) is 9.88. The SMILES string of the molecule is COC(=O)NN(C(=O)OC)C(=O)c1ccccc1. The van der Waals surface area contributed by atoms with Gasteiger partial charge in [-0.3, -0.25) is 4.79 Å². The van der Waals surface area contributed by atoms with Crippen molar-refractivity contribution in [1.82, 2.24) is 10.4 Å². The van der Waals surface area contributed by atoms with Crippen LogP contribution in [-0.4, -0.2) is 37.3 Å². The number of imide groups is 1. The summed E-state index contributed by atoms with van der Waals surface area (Å²) in [4.78, 5) is 34.4. The third kappa shape index (κ3) is 3.21. The molecule has 0 heterocycles. The number of hydrogen-bond acceptors (Lipinski definition) is 5. The lowest BCUT2D eigenvalue weighted by Gasteiger charge is -2.18. The van der Waals surface area contributed by atoms with Crippen LogP contribution >= 0.6 is 0 Å². The highest BCUT2D eigenvalue weighted by Gasteiger charge is 2.25. The van der Waals surface area contributed by atoms with E-state index in [1.165, 1.54) is 12.1 Å². The monoisotopic (exact) mass is 252 g/mol. The molecule has 96 valence electrons. The van der Waals surface area contributed by atoms with Gasteiger partial charge in [0.2, 0.25) is 0 Å². The number of nitrogens with one attached hydrogen (secondary N) is 1. The summed E-state index contributed by atoms with van der Waals surface area (Å²) in [5, 5.41) is 0.432. The van der Waals surface area contributed by atoms with E-state index in [4.69, 9.17) is 0 Å². The van der Waals surface area contributed by atoms with E-state index >= 15 is 0 Å². The largest absolute Gasteiger partial charge is 0.452 e. The Kier molecular flexibility index (Phi) is 4.67. The summed E-state index contributed by atoms with van der Waals surface area (Å²) in [6.45, 7) is 0. The fourth-order valence-corrected chi connectivity index (χ4v) is 1.12. The molecule has 0 saturated carbocycles. The molecule has 0 radical (unpaired) electrons.